The fourth-order valence-electron chi connectivity index (χ4n) is 3.80. The van der Waals surface area contributed by atoms with Gasteiger partial charge in [0, 0.05) is 30.5 Å². The fourth-order valence-corrected chi connectivity index (χ4v) is 3.80. The second-order valence-electron chi connectivity index (χ2n) is 6.47. The molecule has 0 radical (unpaired) electrons. The molecule has 0 saturated carbocycles. The number of carbonyl (C=O) groups excluding carboxylic acids is 1. The molecule has 2 atom stereocenters. The van der Waals surface area contributed by atoms with Crippen LogP contribution in [0.5, 0.6) is 0 Å². The van der Waals surface area contributed by atoms with E-state index in [4.69, 9.17) is 0 Å². The summed E-state index contributed by atoms with van der Waals surface area (Å²) in [6.45, 7) is 4.07. The van der Waals surface area contributed by atoms with E-state index < -0.39 is 0 Å². The molecule has 114 valence electrons. The summed E-state index contributed by atoms with van der Waals surface area (Å²) in [5.41, 5.74) is 2.02. The lowest BCUT2D eigenvalue weighted by Crippen LogP contribution is -2.47. The van der Waals surface area contributed by atoms with Crippen LogP contribution in [-0.4, -0.2) is 52.9 Å². The van der Waals surface area contributed by atoms with E-state index >= 15 is 0 Å². The van der Waals surface area contributed by atoms with E-state index in [1.165, 1.54) is 19.4 Å². The zero-order valence-electron chi connectivity index (χ0n) is 13.1. The van der Waals surface area contributed by atoms with Crippen molar-refractivity contribution >= 4 is 5.91 Å². The number of aromatic nitrogens is 1. The van der Waals surface area contributed by atoms with Gasteiger partial charge < -0.3 is 9.80 Å². The monoisotopic (exact) mass is 287 g/mol. The van der Waals surface area contributed by atoms with E-state index in [-0.39, 0.29) is 5.91 Å². The van der Waals surface area contributed by atoms with Crippen molar-refractivity contribution in [2.75, 3.05) is 20.1 Å². The molecule has 3 heterocycles. The summed E-state index contributed by atoms with van der Waals surface area (Å²) in [5, 5.41) is 0. The molecule has 0 unspecified atom stereocenters. The molecule has 1 amide bonds. The van der Waals surface area contributed by atoms with E-state index in [0.717, 1.165) is 30.6 Å². The summed E-state index contributed by atoms with van der Waals surface area (Å²) in [5.74, 6) is 0.267. The van der Waals surface area contributed by atoms with Crippen LogP contribution in [0, 0.1) is 6.92 Å². The summed E-state index contributed by atoms with van der Waals surface area (Å²) in [4.78, 5) is 21.5. The molecule has 3 rings (SSSR count). The smallest absolute Gasteiger partial charge is 0.227 e. The Balaban J connectivity index is 1.67. The Hall–Kier alpha value is -1.42. The third-order valence-corrected chi connectivity index (χ3v) is 4.97. The summed E-state index contributed by atoms with van der Waals surface area (Å²) >= 11 is 0. The van der Waals surface area contributed by atoms with Gasteiger partial charge in [0.2, 0.25) is 5.91 Å². The third kappa shape index (κ3) is 3.10. The number of carbonyl (C=O) groups is 1. The lowest BCUT2D eigenvalue weighted by Gasteiger charge is -2.33. The van der Waals surface area contributed by atoms with E-state index in [0.29, 0.717) is 18.5 Å². The standard InChI is InChI=1S/C17H25N3O/c1-13-7-8-14(12-18-13)11-17(21)20-10-4-6-16(20)15-5-3-9-19(15)2/h7-8,12,15-16H,3-6,9-11H2,1-2H3/t15-,16+/m1/s1. The van der Waals surface area contributed by atoms with Crippen LogP contribution in [-0.2, 0) is 11.2 Å². The average molecular weight is 287 g/mol. The van der Waals surface area contributed by atoms with Gasteiger partial charge in [-0.05, 0) is 57.8 Å². The maximum Gasteiger partial charge on any atom is 0.227 e. The number of hydrogen-bond donors (Lipinski definition) is 0. The Bertz CT molecular complexity index is 499. The number of likely N-dealkylation sites (N-methyl/N-ethyl adjacent to an activating group) is 1. The van der Waals surface area contributed by atoms with Crippen LogP contribution in [0.2, 0.25) is 0 Å². The number of nitrogens with zero attached hydrogens (tertiary/aromatic N) is 3. The van der Waals surface area contributed by atoms with Gasteiger partial charge in [-0.3, -0.25) is 9.78 Å². The van der Waals surface area contributed by atoms with Gasteiger partial charge in [-0.15, -0.1) is 0 Å². The van der Waals surface area contributed by atoms with Crippen molar-refractivity contribution in [3.63, 3.8) is 0 Å². The lowest BCUT2D eigenvalue weighted by atomic mass is 10.0. The molecular weight excluding hydrogens is 262 g/mol. The Kier molecular flexibility index (Phi) is 4.24. The van der Waals surface area contributed by atoms with Crippen LogP contribution in [0.25, 0.3) is 0 Å². The second kappa shape index (κ2) is 6.14. The molecule has 2 aliphatic rings. The predicted octanol–water partition coefficient (Wildman–Crippen LogP) is 2.02. The van der Waals surface area contributed by atoms with Crippen molar-refractivity contribution in [1.29, 1.82) is 0 Å². The number of aryl methyl sites for hydroxylation is 1. The maximum atomic E-state index is 12.7. The maximum absolute atomic E-state index is 12.7. The van der Waals surface area contributed by atoms with Crippen molar-refractivity contribution in [3.8, 4) is 0 Å². The zero-order chi connectivity index (χ0) is 14.8. The van der Waals surface area contributed by atoms with Gasteiger partial charge in [-0.1, -0.05) is 6.07 Å². The van der Waals surface area contributed by atoms with Gasteiger partial charge in [0.25, 0.3) is 0 Å². The first-order valence-electron chi connectivity index (χ1n) is 8.06. The molecule has 0 N–H and O–H groups in total. The van der Waals surface area contributed by atoms with Crippen molar-refractivity contribution < 1.29 is 4.79 Å². The molecule has 0 aromatic carbocycles. The molecule has 0 bridgehead atoms. The van der Waals surface area contributed by atoms with Crippen LogP contribution in [0.1, 0.15) is 36.9 Å². The number of amides is 1. The molecule has 4 nitrogen and oxygen atoms in total. The van der Waals surface area contributed by atoms with Crippen LogP contribution in [0.3, 0.4) is 0 Å². The quantitative estimate of drug-likeness (QED) is 0.853. The first-order valence-corrected chi connectivity index (χ1v) is 8.06. The topological polar surface area (TPSA) is 36.4 Å². The van der Waals surface area contributed by atoms with Crippen LogP contribution in [0.4, 0.5) is 0 Å². The van der Waals surface area contributed by atoms with Gasteiger partial charge in [-0.25, -0.2) is 0 Å². The SMILES string of the molecule is Cc1ccc(CC(=O)N2CCC[C@H]2[C@H]2CCCN2C)cn1. The largest absolute Gasteiger partial charge is 0.338 e. The van der Waals surface area contributed by atoms with Crippen molar-refractivity contribution in [2.45, 2.75) is 51.1 Å². The number of pyridine rings is 1. The van der Waals surface area contributed by atoms with E-state index in [1.54, 1.807) is 0 Å². The summed E-state index contributed by atoms with van der Waals surface area (Å²) < 4.78 is 0. The number of likely N-dealkylation sites (tertiary alicyclic amines) is 2. The van der Waals surface area contributed by atoms with Gasteiger partial charge in [0.1, 0.15) is 0 Å². The highest BCUT2D eigenvalue weighted by Gasteiger charge is 2.38. The first-order chi connectivity index (χ1) is 10.1. The summed E-state index contributed by atoms with van der Waals surface area (Å²) in [6, 6.07) is 4.98. The number of hydrogen-bond acceptors (Lipinski definition) is 3. The van der Waals surface area contributed by atoms with E-state index in [2.05, 4.69) is 21.8 Å². The minimum absolute atomic E-state index is 0.267. The lowest BCUT2D eigenvalue weighted by molar-refractivity contribution is -0.132. The van der Waals surface area contributed by atoms with Crippen LogP contribution < -0.4 is 0 Å². The molecule has 0 spiro atoms. The Morgan fingerprint density at radius 1 is 1.24 bits per heavy atom. The molecule has 4 heteroatoms. The second-order valence-corrected chi connectivity index (χ2v) is 6.47. The molecule has 1 aromatic rings. The van der Waals surface area contributed by atoms with Gasteiger partial charge >= 0.3 is 0 Å². The third-order valence-electron chi connectivity index (χ3n) is 4.97. The minimum Gasteiger partial charge on any atom is -0.338 e. The summed E-state index contributed by atoms with van der Waals surface area (Å²) in [6.07, 6.45) is 7.12. The molecular formula is C17H25N3O. The van der Waals surface area contributed by atoms with Crippen molar-refractivity contribution in [2.24, 2.45) is 0 Å². The van der Waals surface area contributed by atoms with Gasteiger partial charge in [0.05, 0.1) is 6.42 Å². The normalized spacial score (nSPS) is 26.5. The Morgan fingerprint density at radius 2 is 2.00 bits per heavy atom. The van der Waals surface area contributed by atoms with Crippen LogP contribution in [0.15, 0.2) is 18.3 Å². The Labute approximate surface area is 127 Å². The van der Waals surface area contributed by atoms with Gasteiger partial charge in [-0.2, -0.15) is 0 Å². The Morgan fingerprint density at radius 3 is 2.67 bits per heavy atom. The number of rotatable bonds is 3. The zero-order valence-corrected chi connectivity index (χ0v) is 13.1. The van der Waals surface area contributed by atoms with E-state index in [1.807, 2.05) is 25.3 Å². The molecule has 21 heavy (non-hydrogen) atoms. The summed E-state index contributed by atoms with van der Waals surface area (Å²) in [7, 11) is 2.20. The fraction of sp³-hybridized carbons (Fsp3) is 0.647. The molecule has 2 aliphatic heterocycles. The van der Waals surface area contributed by atoms with Crippen LogP contribution >= 0.6 is 0 Å². The molecule has 0 aliphatic carbocycles. The molecule has 2 saturated heterocycles. The van der Waals surface area contributed by atoms with Crippen molar-refractivity contribution in [1.82, 2.24) is 14.8 Å². The highest BCUT2D eigenvalue weighted by Crippen LogP contribution is 2.29. The highest BCUT2D eigenvalue weighted by molar-refractivity contribution is 5.79. The average Bonchev–Trinajstić information content (AvgIpc) is 3.09. The minimum atomic E-state index is 0.267. The first kappa shape index (κ1) is 14.5. The van der Waals surface area contributed by atoms with Gasteiger partial charge in [0.15, 0.2) is 0 Å². The van der Waals surface area contributed by atoms with E-state index in [9.17, 15) is 4.79 Å². The highest BCUT2D eigenvalue weighted by atomic mass is 16.2. The van der Waals surface area contributed by atoms with Crippen molar-refractivity contribution in [3.05, 3.63) is 29.6 Å². The molecule has 1 aromatic heterocycles. The predicted molar refractivity (Wildman–Crippen MR) is 83.1 cm³/mol. The molecule has 2 fully saturated rings.